The third-order valence-corrected chi connectivity index (χ3v) is 2.15. The van der Waals surface area contributed by atoms with Gasteiger partial charge in [-0.3, -0.25) is 0 Å². The summed E-state index contributed by atoms with van der Waals surface area (Å²) in [6.45, 7) is 0. The fraction of sp³-hybridized carbons (Fsp3) is 0. The van der Waals surface area contributed by atoms with E-state index < -0.39 is 0 Å². The number of aromatic amines is 1. The van der Waals surface area contributed by atoms with Gasteiger partial charge in [-0.15, -0.1) is 0 Å². The molecule has 4 nitrogen and oxygen atoms in total. The van der Waals surface area contributed by atoms with Crippen molar-refractivity contribution in [3.05, 3.63) is 43.0 Å². The van der Waals surface area contributed by atoms with Crippen LogP contribution in [0.2, 0.25) is 0 Å². The number of H-pyrrole nitrogens is 1. The highest BCUT2D eigenvalue weighted by Gasteiger charge is 2.00. The predicted molar refractivity (Wildman–Crippen MR) is 52.8 cm³/mol. The van der Waals surface area contributed by atoms with Crippen LogP contribution in [-0.2, 0) is 0 Å². The van der Waals surface area contributed by atoms with E-state index in [-0.39, 0.29) is 0 Å². The quantitative estimate of drug-likeness (QED) is 0.626. The molecule has 0 spiro atoms. The molecule has 4 heteroatoms. The maximum atomic E-state index is 4.41. The van der Waals surface area contributed by atoms with Crippen molar-refractivity contribution in [3.8, 4) is 11.3 Å². The molecule has 0 aliphatic carbocycles. The lowest BCUT2D eigenvalue weighted by atomic mass is 10.2. The number of rotatable bonds is 1. The van der Waals surface area contributed by atoms with Crippen molar-refractivity contribution < 1.29 is 0 Å². The van der Waals surface area contributed by atoms with E-state index in [0.717, 1.165) is 16.9 Å². The second-order valence-electron chi connectivity index (χ2n) is 3.05. The summed E-state index contributed by atoms with van der Waals surface area (Å²) < 4.78 is 1.77. The molecule has 68 valence electrons. The maximum Gasteiger partial charge on any atom is 0.153 e. The van der Waals surface area contributed by atoms with Gasteiger partial charge in [0.25, 0.3) is 0 Å². The Morgan fingerprint density at radius 1 is 1.21 bits per heavy atom. The Morgan fingerprint density at radius 2 is 2.21 bits per heavy atom. The largest absolute Gasteiger partial charge is 0.367 e. The van der Waals surface area contributed by atoms with Crippen molar-refractivity contribution >= 4 is 5.65 Å². The molecule has 0 aliphatic heterocycles. The summed E-state index contributed by atoms with van der Waals surface area (Å²) in [7, 11) is 0. The Labute approximate surface area is 80.2 Å². The average molecular weight is 184 g/mol. The van der Waals surface area contributed by atoms with E-state index in [2.05, 4.69) is 15.1 Å². The third-order valence-electron chi connectivity index (χ3n) is 2.15. The van der Waals surface area contributed by atoms with Crippen LogP contribution in [0.1, 0.15) is 0 Å². The molecule has 3 aromatic heterocycles. The first-order valence-corrected chi connectivity index (χ1v) is 4.37. The lowest BCUT2D eigenvalue weighted by Gasteiger charge is -1.97. The van der Waals surface area contributed by atoms with Gasteiger partial charge in [-0.05, 0) is 18.2 Å². The predicted octanol–water partition coefficient (Wildman–Crippen LogP) is 1.72. The van der Waals surface area contributed by atoms with E-state index in [0.29, 0.717) is 0 Å². The van der Waals surface area contributed by atoms with Gasteiger partial charge < -0.3 is 4.98 Å². The molecule has 0 saturated heterocycles. The summed E-state index contributed by atoms with van der Waals surface area (Å²) >= 11 is 0. The van der Waals surface area contributed by atoms with Gasteiger partial charge >= 0.3 is 0 Å². The van der Waals surface area contributed by atoms with E-state index in [1.807, 2.05) is 36.8 Å². The first kappa shape index (κ1) is 7.32. The van der Waals surface area contributed by atoms with E-state index >= 15 is 0 Å². The minimum Gasteiger partial charge on any atom is -0.367 e. The number of fused-ring (bicyclic) bond motifs is 1. The zero-order valence-electron chi connectivity index (χ0n) is 7.38. The molecule has 0 aromatic carbocycles. The number of imidazole rings is 1. The van der Waals surface area contributed by atoms with Gasteiger partial charge in [0.15, 0.2) is 5.65 Å². The van der Waals surface area contributed by atoms with E-state index in [1.54, 1.807) is 10.7 Å². The van der Waals surface area contributed by atoms with E-state index in [9.17, 15) is 0 Å². The fourth-order valence-corrected chi connectivity index (χ4v) is 1.45. The van der Waals surface area contributed by atoms with E-state index in [4.69, 9.17) is 0 Å². The molecule has 0 aliphatic rings. The molecule has 3 heterocycles. The maximum absolute atomic E-state index is 4.41. The van der Waals surface area contributed by atoms with Crippen LogP contribution >= 0.6 is 0 Å². The molecule has 0 saturated carbocycles. The number of aromatic nitrogens is 4. The third kappa shape index (κ3) is 1.01. The van der Waals surface area contributed by atoms with Gasteiger partial charge in [-0.25, -0.2) is 9.50 Å². The van der Waals surface area contributed by atoms with Gasteiger partial charge in [0.1, 0.15) is 0 Å². The molecule has 0 bridgehead atoms. The summed E-state index contributed by atoms with van der Waals surface area (Å²) in [6, 6.07) is 5.91. The normalized spacial score (nSPS) is 10.9. The van der Waals surface area contributed by atoms with Gasteiger partial charge in [-0.2, -0.15) is 5.10 Å². The SMILES string of the molecule is c1cn2nc(-c3cc[nH]c3)ccc2n1. The smallest absolute Gasteiger partial charge is 0.153 e. The Bertz CT molecular complexity index is 550. The number of hydrogen-bond donors (Lipinski definition) is 1. The molecule has 0 fully saturated rings. The molecular weight excluding hydrogens is 176 g/mol. The Hall–Kier alpha value is -2.10. The Kier molecular flexibility index (Phi) is 1.41. The Balaban J connectivity index is 2.23. The van der Waals surface area contributed by atoms with Crippen molar-refractivity contribution in [1.82, 2.24) is 19.6 Å². The average Bonchev–Trinajstić information content (AvgIpc) is 2.88. The highest BCUT2D eigenvalue weighted by Crippen LogP contribution is 2.15. The standard InChI is InChI=1S/C10H8N4/c1-2-10-12-5-6-14(10)13-9(1)8-3-4-11-7-8/h1-7,11H. The molecular formula is C10H8N4. The first-order chi connectivity index (χ1) is 6.93. The van der Waals surface area contributed by atoms with Gasteiger partial charge in [-0.1, -0.05) is 0 Å². The Morgan fingerprint density at radius 3 is 3.07 bits per heavy atom. The molecule has 0 radical (unpaired) electrons. The lowest BCUT2D eigenvalue weighted by molar-refractivity contribution is 0.943. The summed E-state index contributed by atoms with van der Waals surface area (Å²) in [5.41, 5.74) is 2.89. The summed E-state index contributed by atoms with van der Waals surface area (Å²) in [6.07, 6.45) is 7.38. The van der Waals surface area contributed by atoms with Crippen molar-refractivity contribution in [2.24, 2.45) is 0 Å². The van der Waals surface area contributed by atoms with Crippen LogP contribution in [-0.4, -0.2) is 19.6 Å². The first-order valence-electron chi connectivity index (χ1n) is 4.37. The summed E-state index contributed by atoms with van der Waals surface area (Å²) in [4.78, 5) is 7.14. The summed E-state index contributed by atoms with van der Waals surface area (Å²) in [5.74, 6) is 0. The number of hydrogen-bond acceptors (Lipinski definition) is 2. The van der Waals surface area contributed by atoms with Crippen molar-refractivity contribution in [2.75, 3.05) is 0 Å². The zero-order valence-corrected chi connectivity index (χ0v) is 7.38. The van der Waals surface area contributed by atoms with Crippen molar-refractivity contribution in [3.63, 3.8) is 0 Å². The molecule has 14 heavy (non-hydrogen) atoms. The van der Waals surface area contributed by atoms with Crippen LogP contribution in [0.4, 0.5) is 0 Å². The van der Waals surface area contributed by atoms with Gasteiger partial charge in [0.2, 0.25) is 0 Å². The van der Waals surface area contributed by atoms with E-state index in [1.165, 1.54) is 0 Å². The van der Waals surface area contributed by atoms with Gasteiger partial charge in [0.05, 0.1) is 5.69 Å². The molecule has 0 atom stereocenters. The van der Waals surface area contributed by atoms with Crippen LogP contribution in [0.5, 0.6) is 0 Å². The van der Waals surface area contributed by atoms with Crippen LogP contribution in [0.25, 0.3) is 16.9 Å². The molecule has 0 unspecified atom stereocenters. The minimum atomic E-state index is 0.865. The lowest BCUT2D eigenvalue weighted by Crippen LogP contribution is -1.91. The second kappa shape index (κ2) is 2.70. The zero-order chi connectivity index (χ0) is 9.38. The molecule has 3 rings (SSSR count). The molecule has 3 aromatic rings. The van der Waals surface area contributed by atoms with Crippen LogP contribution in [0.3, 0.4) is 0 Å². The number of nitrogens with one attached hydrogen (secondary N) is 1. The monoisotopic (exact) mass is 184 g/mol. The highest BCUT2D eigenvalue weighted by molar-refractivity contribution is 5.59. The van der Waals surface area contributed by atoms with Crippen molar-refractivity contribution in [2.45, 2.75) is 0 Å². The highest BCUT2D eigenvalue weighted by atomic mass is 15.2. The van der Waals surface area contributed by atoms with Crippen LogP contribution < -0.4 is 0 Å². The number of nitrogens with zero attached hydrogens (tertiary/aromatic N) is 3. The molecule has 1 N–H and O–H groups in total. The molecule has 0 amide bonds. The fourth-order valence-electron chi connectivity index (χ4n) is 1.45. The topological polar surface area (TPSA) is 46.0 Å². The minimum absolute atomic E-state index is 0.865. The second-order valence-corrected chi connectivity index (χ2v) is 3.05. The van der Waals surface area contributed by atoms with Crippen molar-refractivity contribution in [1.29, 1.82) is 0 Å². The van der Waals surface area contributed by atoms with Gasteiger partial charge in [0, 0.05) is 30.4 Å². The van der Waals surface area contributed by atoms with Crippen LogP contribution in [0.15, 0.2) is 43.0 Å². The van der Waals surface area contributed by atoms with Crippen LogP contribution in [0, 0.1) is 0 Å². The summed E-state index contributed by atoms with van der Waals surface area (Å²) in [5, 5.41) is 4.41.